The predicted octanol–water partition coefficient (Wildman–Crippen LogP) is 3.68. The van der Waals surface area contributed by atoms with Crippen molar-refractivity contribution in [3.63, 3.8) is 0 Å². The van der Waals surface area contributed by atoms with E-state index in [1.54, 1.807) is 11.3 Å². The quantitative estimate of drug-likeness (QED) is 0.362. The lowest BCUT2D eigenvalue weighted by atomic mass is 9.80. The number of amides is 3. The molecule has 2 aromatic rings. The van der Waals surface area contributed by atoms with E-state index in [1.807, 2.05) is 64.4 Å². The molecule has 10 nitrogen and oxygen atoms in total. The lowest BCUT2D eigenvalue weighted by Gasteiger charge is -2.36. The molecule has 3 amide bonds. The number of aliphatic carboxylic acids is 1. The van der Waals surface area contributed by atoms with Crippen LogP contribution in [0.3, 0.4) is 0 Å². The number of nitrogens with one attached hydrogen (secondary N) is 2. The molecule has 0 radical (unpaired) electrons. The van der Waals surface area contributed by atoms with Crippen molar-refractivity contribution in [1.29, 1.82) is 0 Å². The topological polar surface area (TPSA) is 149 Å². The molecule has 0 spiro atoms. The Balaban J connectivity index is 1.42. The van der Waals surface area contributed by atoms with Crippen LogP contribution in [0, 0.1) is 24.2 Å². The number of aryl methyl sites for hydroxylation is 1. The minimum Gasteiger partial charge on any atom is -0.481 e. The van der Waals surface area contributed by atoms with Crippen LogP contribution >= 0.6 is 11.3 Å². The van der Waals surface area contributed by atoms with E-state index < -0.39 is 41.4 Å². The van der Waals surface area contributed by atoms with Gasteiger partial charge < -0.3 is 25.7 Å². The molecule has 11 heteroatoms. The largest absolute Gasteiger partial charge is 0.481 e. The molecule has 2 heterocycles. The molecule has 1 aliphatic heterocycles. The lowest BCUT2D eigenvalue weighted by molar-refractivity contribution is -0.146. The average molecular weight is 599 g/mol. The molecule has 2 aliphatic rings. The van der Waals surface area contributed by atoms with Gasteiger partial charge in [0.2, 0.25) is 17.7 Å². The maximum atomic E-state index is 13.9. The summed E-state index contributed by atoms with van der Waals surface area (Å²) < 4.78 is 0. The number of aliphatic hydroxyl groups excluding tert-OH is 1. The Kier molecular flexibility index (Phi) is 9.72. The van der Waals surface area contributed by atoms with Crippen LogP contribution in [0.5, 0.6) is 0 Å². The van der Waals surface area contributed by atoms with Gasteiger partial charge in [-0.25, -0.2) is 4.98 Å². The van der Waals surface area contributed by atoms with Crippen LogP contribution in [0.15, 0.2) is 29.8 Å². The number of aliphatic hydroxyl groups is 1. The molecular weight excluding hydrogens is 556 g/mol. The van der Waals surface area contributed by atoms with E-state index in [4.69, 9.17) is 0 Å². The Hall–Kier alpha value is -3.31. The number of rotatable bonds is 8. The molecule has 2 fully saturated rings. The first-order valence-corrected chi connectivity index (χ1v) is 15.5. The molecule has 1 aromatic heterocycles. The maximum Gasteiger partial charge on any atom is 0.306 e. The zero-order valence-corrected chi connectivity index (χ0v) is 25.7. The van der Waals surface area contributed by atoms with Crippen molar-refractivity contribution >= 4 is 35.0 Å². The Morgan fingerprint density at radius 1 is 1.00 bits per heavy atom. The monoisotopic (exact) mass is 598 g/mol. The van der Waals surface area contributed by atoms with Gasteiger partial charge in [-0.1, -0.05) is 45.0 Å². The van der Waals surface area contributed by atoms with Crippen LogP contribution < -0.4 is 10.6 Å². The molecule has 0 bridgehead atoms. The van der Waals surface area contributed by atoms with Gasteiger partial charge >= 0.3 is 5.97 Å². The van der Waals surface area contributed by atoms with Gasteiger partial charge in [-0.3, -0.25) is 19.2 Å². The van der Waals surface area contributed by atoms with E-state index in [9.17, 15) is 29.4 Å². The first-order valence-electron chi connectivity index (χ1n) is 14.6. The zero-order chi connectivity index (χ0) is 30.8. The van der Waals surface area contributed by atoms with Crippen molar-refractivity contribution < 1.29 is 29.4 Å². The van der Waals surface area contributed by atoms with Crippen LogP contribution in [-0.4, -0.2) is 68.5 Å². The second-order valence-electron chi connectivity index (χ2n) is 12.7. The number of hydrogen-bond acceptors (Lipinski definition) is 7. The minimum atomic E-state index is -0.914. The SMILES string of the molecule is Cc1ncsc1-c1ccc([C@H](C)NC(=O)[C@@H]2C[C@@H](O)CN2C(=O)[C@@H](NC(=O)C2CCC(C(=O)O)CC2)C(C)(C)C)cc1. The Bertz CT molecular complexity index is 1300. The van der Waals surface area contributed by atoms with E-state index in [2.05, 4.69) is 15.6 Å². The first kappa shape index (κ1) is 31.6. The smallest absolute Gasteiger partial charge is 0.306 e. The van der Waals surface area contributed by atoms with Crippen LogP contribution in [0.25, 0.3) is 10.4 Å². The van der Waals surface area contributed by atoms with Gasteiger partial charge in [0, 0.05) is 18.9 Å². The van der Waals surface area contributed by atoms with Crippen molar-refractivity contribution in [3.05, 3.63) is 41.0 Å². The number of carbonyl (C=O) groups is 4. The third-order valence-corrected chi connectivity index (χ3v) is 9.47. The standard InChI is InChI=1S/C31H42N4O6S/c1-17(19-6-8-20(9-7-19)25-18(2)32-16-42-25)33-28(38)24-14-23(36)15-35(24)29(39)26(31(3,4)5)34-27(37)21-10-12-22(13-11-21)30(40)41/h6-9,16-17,21-24,26,36H,10-15H2,1-5H3,(H,33,38)(H,34,37)(H,40,41)/t17-,21?,22?,23+,24-,26+/m0/s1. The van der Waals surface area contributed by atoms with Gasteiger partial charge in [-0.15, -0.1) is 11.3 Å². The molecule has 228 valence electrons. The Morgan fingerprint density at radius 3 is 2.17 bits per heavy atom. The number of carbonyl (C=O) groups excluding carboxylic acids is 3. The summed E-state index contributed by atoms with van der Waals surface area (Å²) in [7, 11) is 0. The van der Waals surface area contributed by atoms with Crippen LogP contribution in [-0.2, 0) is 19.2 Å². The molecule has 4 rings (SSSR count). The van der Waals surface area contributed by atoms with Crippen molar-refractivity contribution in [2.24, 2.45) is 17.3 Å². The molecule has 4 atom stereocenters. The highest BCUT2D eigenvalue weighted by Crippen LogP contribution is 2.32. The van der Waals surface area contributed by atoms with E-state index in [0.29, 0.717) is 25.7 Å². The van der Waals surface area contributed by atoms with Gasteiger partial charge in [0.15, 0.2) is 0 Å². The number of β-amino-alcohol motifs (C(OH)–C–C–N with tert-alkyl or cyclic N) is 1. The molecule has 1 saturated heterocycles. The van der Waals surface area contributed by atoms with Crippen molar-refractivity contribution in [3.8, 4) is 10.4 Å². The highest BCUT2D eigenvalue weighted by atomic mass is 32.1. The lowest BCUT2D eigenvalue weighted by Crippen LogP contribution is -2.58. The molecular formula is C31H42N4O6S. The minimum absolute atomic E-state index is 0.000366. The summed E-state index contributed by atoms with van der Waals surface area (Å²) in [5.74, 6) is -2.70. The molecule has 42 heavy (non-hydrogen) atoms. The number of nitrogens with zero attached hydrogens (tertiary/aromatic N) is 2. The summed E-state index contributed by atoms with van der Waals surface area (Å²) in [5, 5.41) is 25.7. The molecule has 1 aliphatic carbocycles. The number of hydrogen-bond donors (Lipinski definition) is 4. The zero-order valence-electron chi connectivity index (χ0n) is 24.9. The summed E-state index contributed by atoms with van der Waals surface area (Å²) in [5.41, 5.74) is 4.08. The molecule has 1 saturated carbocycles. The molecule has 1 aromatic carbocycles. The summed E-state index contributed by atoms with van der Waals surface area (Å²) in [6.45, 7) is 9.38. The fraction of sp³-hybridized carbons (Fsp3) is 0.581. The summed E-state index contributed by atoms with van der Waals surface area (Å²) in [4.78, 5) is 58.6. The Labute approximate surface area is 250 Å². The van der Waals surface area contributed by atoms with E-state index >= 15 is 0 Å². The van der Waals surface area contributed by atoms with E-state index in [-0.39, 0.29) is 36.7 Å². The Morgan fingerprint density at radius 2 is 1.62 bits per heavy atom. The number of benzene rings is 1. The summed E-state index contributed by atoms with van der Waals surface area (Å²) in [6, 6.07) is 5.80. The second-order valence-corrected chi connectivity index (χ2v) is 13.6. The number of carboxylic acids is 1. The number of thiazole rings is 1. The third kappa shape index (κ3) is 7.18. The van der Waals surface area contributed by atoms with E-state index in [0.717, 1.165) is 21.7 Å². The number of likely N-dealkylation sites (tertiary alicyclic amines) is 1. The highest BCUT2D eigenvalue weighted by Gasteiger charge is 2.45. The normalized spacial score (nSPS) is 24.1. The third-order valence-electron chi connectivity index (χ3n) is 8.49. The maximum absolute atomic E-state index is 13.9. The fourth-order valence-electron chi connectivity index (χ4n) is 5.88. The number of aromatic nitrogens is 1. The summed E-state index contributed by atoms with van der Waals surface area (Å²) in [6.07, 6.45) is 0.998. The van der Waals surface area contributed by atoms with Gasteiger partial charge in [-0.2, -0.15) is 0 Å². The second kappa shape index (κ2) is 12.9. The van der Waals surface area contributed by atoms with E-state index in [1.165, 1.54) is 4.90 Å². The van der Waals surface area contributed by atoms with Crippen molar-refractivity contribution in [1.82, 2.24) is 20.5 Å². The van der Waals surface area contributed by atoms with Gasteiger partial charge in [0.05, 0.1) is 34.1 Å². The van der Waals surface area contributed by atoms with Crippen LogP contribution in [0.2, 0.25) is 0 Å². The molecule has 0 unspecified atom stereocenters. The summed E-state index contributed by atoms with van der Waals surface area (Å²) >= 11 is 1.57. The van der Waals surface area contributed by atoms with Gasteiger partial charge in [0.1, 0.15) is 12.1 Å². The van der Waals surface area contributed by atoms with Crippen LogP contribution in [0.4, 0.5) is 0 Å². The fourth-order valence-corrected chi connectivity index (χ4v) is 6.69. The van der Waals surface area contributed by atoms with Crippen molar-refractivity contribution in [2.75, 3.05) is 6.54 Å². The highest BCUT2D eigenvalue weighted by molar-refractivity contribution is 7.13. The molecule has 4 N–H and O–H groups in total. The average Bonchev–Trinajstić information content (AvgIpc) is 3.56. The predicted molar refractivity (Wildman–Crippen MR) is 159 cm³/mol. The first-order chi connectivity index (χ1) is 19.8. The van der Waals surface area contributed by atoms with Gasteiger partial charge in [-0.05, 0) is 56.1 Å². The number of carboxylic acid groups (broad SMARTS) is 1. The van der Waals surface area contributed by atoms with Crippen LogP contribution in [0.1, 0.15) is 77.1 Å². The van der Waals surface area contributed by atoms with Crippen molar-refractivity contribution in [2.45, 2.75) is 91.0 Å². The van der Waals surface area contributed by atoms with Gasteiger partial charge in [0.25, 0.3) is 0 Å².